The Bertz CT molecular complexity index is 247. The summed E-state index contributed by atoms with van der Waals surface area (Å²) in [6.07, 6.45) is 9.12. The van der Waals surface area contributed by atoms with E-state index in [1.54, 1.807) is 7.11 Å². The quantitative estimate of drug-likeness (QED) is 0.820. The van der Waals surface area contributed by atoms with Gasteiger partial charge in [-0.05, 0) is 44.9 Å². The first-order valence-corrected chi connectivity index (χ1v) is 7.47. The van der Waals surface area contributed by atoms with Crippen molar-refractivity contribution in [2.45, 2.75) is 76.8 Å². The first-order chi connectivity index (χ1) is 8.67. The Morgan fingerprint density at radius 3 is 2.33 bits per heavy atom. The molecule has 1 aliphatic carbocycles. The summed E-state index contributed by atoms with van der Waals surface area (Å²) in [7, 11) is 1.71. The highest BCUT2D eigenvalue weighted by molar-refractivity contribution is 5.84. The molecule has 1 aliphatic heterocycles. The van der Waals surface area contributed by atoms with Crippen LogP contribution in [0.25, 0.3) is 0 Å². The van der Waals surface area contributed by atoms with Crippen LogP contribution in [0, 0.1) is 0 Å². The molecule has 18 heavy (non-hydrogen) atoms. The maximum Gasteiger partial charge on any atom is 0.149 e. The fourth-order valence-electron chi connectivity index (χ4n) is 2.80. The van der Waals surface area contributed by atoms with Gasteiger partial charge >= 0.3 is 0 Å². The van der Waals surface area contributed by atoms with E-state index < -0.39 is 0 Å². The maximum atomic E-state index is 11.6. The maximum absolute atomic E-state index is 11.6. The number of hydrogen-bond donors (Lipinski definition) is 1. The molecule has 3 heteroatoms. The Hall–Kier alpha value is -0.410. The van der Waals surface area contributed by atoms with E-state index in [1.807, 2.05) is 0 Å². The molecular formula is C15H29NO2. The van der Waals surface area contributed by atoms with Gasteiger partial charge in [0.05, 0.1) is 6.04 Å². The van der Waals surface area contributed by atoms with Crippen LogP contribution in [0.1, 0.15) is 65.2 Å². The van der Waals surface area contributed by atoms with E-state index in [4.69, 9.17) is 4.74 Å². The van der Waals surface area contributed by atoms with Crippen LogP contribution in [0.5, 0.6) is 0 Å². The average molecular weight is 255 g/mol. The highest BCUT2D eigenvalue weighted by Crippen LogP contribution is 2.40. The van der Waals surface area contributed by atoms with Gasteiger partial charge in [0.25, 0.3) is 0 Å². The summed E-state index contributed by atoms with van der Waals surface area (Å²) in [5, 5.41) is 3.54. The minimum Gasteiger partial charge on any atom is -0.385 e. The third kappa shape index (κ3) is 4.36. The van der Waals surface area contributed by atoms with Gasteiger partial charge in [0.2, 0.25) is 0 Å². The Morgan fingerprint density at radius 1 is 1.28 bits per heavy atom. The topological polar surface area (TPSA) is 38.3 Å². The van der Waals surface area contributed by atoms with Crippen molar-refractivity contribution >= 4 is 5.78 Å². The first-order valence-electron chi connectivity index (χ1n) is 7.47. The summed E-state index contributed by atoms with van der Waals surface area (Å²) in [6.45, 7) is 5.05. The van der Waals surface area contributed by atoms with Crippen molar-refractivity contribution in [2.24, 2.45) is 0 Å². The van der Waals surface area contributed by atoms with Gasteiger partial charge in [-0.25, -0.2) is 0 Å². The van der Waals surface area contributed by atoms with Crippen LogP contribution in [-0.4, -0.2) is 31.1 Å². The zero-order valence-corrected chi connectivity index (χ0v) is 12.3. The van der Waals surface area contributed by atoms with Crippen LogP contribution in [0.2, 0.25) is 0 Å². The van der Waals surface area contributed by atoms with E-state index in [-0.39, 0.29) is 6.04 Å². The summed E-state index contributed by atoms with van der Waals surface area (Å²) >= 11 is 0. The van der Waals surface area contributed by atoms with Gasteiger partial charge < -0.3 is 10.1 Å². The molecule has 3 nitrogen and oxygen atoms in total. The fraction of sp³-hybridized carbons (Fsp3) is 0.933. The Labute approximate surface area is 112 Å². The van der Waals surface area contributed by atoms with E-state index in [1.165, 1.54) is 25.7 Å². The van der Waals surface area contributed by atoms with Gasteiger partial charge in [-0.2, -0.15) is 0 Å². The van der Waals surface area contributed by atoms with Gasteiger partial charge in [-0.3, -0.25) is 4.79 Å². The van der Waals surface area contributed by atoms with Crippen molar-refractivity contribution in [1.82, 2.24) is 5.32 Å². The third-order valence-electron chi connectivity index (χ3n) is 4.00. The molecule has 0 aromatic carbocycles. The Morgan fingerprint density at radius 2 is 2.00 bits per heavy atom. The number of methoxy groups -OCH3 is 1. The summed E-state index contributed by atoms with van der Waals surface area (Å²) in [5.74, 6) is 0.436. The second kappa shape index (κ2) is 7.90. The molecule has 2 aliphatic rings. The number of ketones is 1. The van der Waals surface area contributed by atoms with Gasteiger partial charge in [-0.15, -0.1) is 0 Å². The van der Waals surface area contributed by atoms with E-state index in [0.29, 0.717) is 11.3 Å². The second-order valence-corrected chi connectivity index (χ2v) is 5.58. The van der Waals surface area contributed by atoms with Crippen molar-refractivity contribution in [3.8, 4) is 0 Å². The molecule has 0 bridgehead atoms. The summed E-state index contributed by atoms with van der Waals surface area (Å²) in [4.78, 5) is 11.6. The molecule has 2 rings (SSSR count). The van der Waals surface area contributed by atoms with Crippen LogP contribution in [-0.2, 0) is 9.53 Å². The number of carbonyl (C=O) groups is 1. The lowest BCUT2D eigenvalue weighted by atomic mass is 9.76. The average Bonchev–Trinajstić information content (AvgIpc) is 2.76. The van der Waals surface area contributed by atoms with Gasteiger partial charge in [0, 0.05) is 25.7 Å². The Kier molecular flexibility index (Phi) is 6.87. The molecule has 1 N–H and O–H groups in total. The number of hydrogen-bond acceptors (Lipinski definition) is 3. The van der Waals surface area contributed by atoms with E-state index >= 15 is 0 Å². The SMILES string of the molecule is CCCC(=O)C1CCC2(CCC2)N1.CCCOC. The first kappa shape index (κ1) is 15.6. The molecule has 1 saturated carbocycles. The monoisotopic (exact) mass is 255 g/mol. The summed E-state index contributed by atoms with van der Waals surface area (Å²) in [5.41, 5.74) is 0.397. The van der Waals surface area contributed by atoms with E-state index in [2.05, 4.69) is 19.2 Å². The Balaban J connectivity index is 0.000000280. The van der Waals surface area contributed by atoms with Crippen LogP contribution < -0.4 is 5.32 Å². The highest BCUT2D eigenvalue weighted by Gasteiger charge is 2.44. The molecule has 0 aromatic heterocycles. The van der Waals surface area contributed by atoms with Crippen molar-refractivity contribution in [3.05, 3.63) is 0 Å². The molecule has 1 heterocycles. The van der Waals surface area contributed by atoms with Crippen molar-refractivity contribution in [3.63, 3.8) is 0 Å². The molecule has 106 valence electrons. The number of Topliss-reactive ketones (excluding diaryl/α,β-unsaturated/α-hetero) is 1. The highest BCUT2D eigenvalue weighted by atomic mass is 16.5. The predicted octanol–water partition coefficient (Wildman–Crippen LogP) is 3.07. The number of ether oxygens (including phenoxy) is 1. The molecule has 1 unspecified atom stereocenters. The van der Waals surface area contributed by atoms with Crippen molar-refractivity contribution in [1.29, 1.82) is 0 Å². The van der Waals surface area contributed by atoms with Crippen molar-refractivity contribution in [2.75, 3.05) is 13.7 Å². The molecule has 1 saturated heterocycles. The zero-order valence-electron chi connectivity index (χ0n) is 12.3. The normalized spacial score (nSPS) is 24.3. The van der Waals surface area contributed by atoms with Gasteiger partial charge in [0.15, 0.2) is 0 Å². The van der Waals surface area contributed by atoms with Crippen LogP contribution in [0.4, 0.5) is 0 Å². The molecule has 1 atom stereocenters. The third-order valence-corrected chi connectivity index (χ3v) is 4.00. The van der Waals surface area contributed by atoms with E-state index in [0.717, 1.165) is 32.3 Å². The summed E-state index contributed by atoms with van der Waals surface area (Å²) < 4.78 is 4.69. The smallest absolute Gasteiger partial charge is 0.149 e. The number of carbonyl (C=O) groups excluding carboxylic acids is 1. The van der Waals surface area contributed by atoms with Gasteiger partial charge in [-0.1, -0.05) is 13.8 Å². The summed E-state index contributed by atoms with van der Waals surface area (Å²) in [6, 6.07) is 0.195. The molecule has 0 aromatic rings. The van der Waals surface area contributed by atoms with E-state index in [9.17, 15) is 4.79 Å². The molecule has 0 radical (unpaired) electrons. The minimum atomic E-state index is 0.195. The minimum absolute atomic E-state index is 0.195. The van der Waals surface area contributed by atoms with Crippen LogP contribution in [0.3, 0.4) is 0 Å². The molecule has 2 fully saturated rings. The van der Waals surface area contributed by atoms with Crippen LogP contribution in [0.15, 0.2) is 0 Å². The standard InChI is InChI=1S/C11H19NO.C4H10O/c1-2-4-10(13)9-5-8-11(12-9)6-3-7-11;1-3-4-5-2/h9,12H,2-8H2,1H3;3-4H2,1-2H3. The predicted molar refractivity (Wildman–Crippen MR) is 74.8 cm³/mol. The molecular weight excluding hydrogens is 226 g/mol. The second-order valence-electron chi connectivity index (χ2n) is 5.58. The lowest BCUT2D eigenvalue weighted by molar-refractivity contribution is -0.121. The number of nitrogens with one attached hydrogen (secondary N) is 1. The number of rotatable bonds is 5. The largest absolute Gasteiger partial charge is 0.385 e. The fourth-order valence-corrected chi connectivity index (χ4v) is 2.80. The molecule has 0 amide bonds. The van der Waals surface area contributed by atoms with Crippen molar-refractivity contribution < 1.29 is 9.53 Å². The van der Waals surface area contributed by atoms with Gasteiger partial charge in [0.1, 0.15) is 5.78 Å². The lowest BCUT2D eigenvalue weighted by Crippen LogP contribution is -2.50. The zero-order chi connectivity index (χ0) is 13.4. The van der Waals surface area contributed by atoms with Crippen LogP contribution >= 0.6 is 0 Å². The molecule has 1 spiro atoms. The lowest BCUT2D eigenvalue weighted by Gasteiger charge is -2.39.